The summed E-state index contributed by atoms with van der Waals surface area (Å²) in [7, 11) is -4.09. The molecule has 0 saturated carbocycles. The maximum atomic E-state index is 13.3. The molecule has 1 aliphatic heterocycles. The molecule has 1 aliphatic rings. The zero-order valence-electron chi connectivity index (χ0n) is 16.9. The first-order valence-corrected chi connectivity index (χ1v) is 11.1. The molecule has 0 spiro atoms. The molecule has 0 aromatic heterocycles. The first-order chi connectivity index (χ1) is 13.7. The van der Waals surface area contributed by atoms with Crippen LogP contribution in [0.2, 0.25) is 0 Å². The molecule has 29 heavy (non-hydrogen) atoms. The van der Waals surface area contributed by atoms with E-state index in [4.69, 9.17) is 0 Å². The van der Waals surface area contributed by atoms with E-state index < -0.39 is 22.0 Å². The van der Waals surface area contributed by atoms with Crippen LogP contribution in [0.5, 0.6) is 0 Å². The van der Waals surface area contributed by atoms with Crippen molar-refractivity contribution < 1.29 is 18.0 Å². The number of amides is 2. The number of aryl methyl sites for hydroxylation is 1. The summed E-state index contributed by atoms with van der Waals surface area (Å²) < 4.78 is 27.1. The number of sulfonamides is 1. The first kappa shape index (κ1) is 21.0. The highest BCUT2D eigenvalue weighted by Crippen LogP contribution is 2.29. The fraction of sp³-hybridized carbons (Fsp3) is 0.364. The third-order valence-electron chi connectivity index (χ3n) is 5.13. The van der Waals surface area contributed by atoms with Crippen molar-refractivity contribution in [3.05, 3.63) is 65.7 Å². The molecule has 0 radical (unpaired) electrons. The summed E-state index contributed by atoms with van der Waals surface area (Å²) in [5.41, 5.74) is 1.87. The van der Waals surface area contributed by atoms with Gasteiger partial charge in [0.15, 0.2) is 0 Å². The third kappa shape index (κ3) is 4.34. The zero-order chi connectivity index (χ0) is 21.2. The van der Waals surface area contributed by atoms with Gasteiger partial charge in [0, 0.05) is 19.0 Å². The molecular formula is C22H26N2O4S. The maximum Gasteiger partial charge on any atom is 0.267 e. The number of nitrogens with zero attached hydrogens (tertiary/aromatic N) is 2. The van der Waals surface area contributed by atoms with Gasteiger partial charge in [-0.2, -0.15) is 0 Å². The Morgan fingerprint density at radius 1 is 1.10 bits per heavy atom. The highest BCUT2D eigenvalue weighted by atomic mass is 32.2. The van der Waals surface area contributed by atoms with Gasteiger partial charge in [-0.05, 0) is 44.9 Å². The Kier molecular flexibility index (Phi) is 6.07. The summed E-state index contributed by atoms with van der Waals surface area (Å²) in [4.78, 5) is 27.5. The van der Waals surface area contributed by atoms with Crippen molar-refractivity contribution in [3.63, 3.8) is 0 Å². The van der Waals surface area contributed by atoms with Crippen molar-refractivity contribution in [1.82, 2.24) is 9.21 Å². The molecule has 6 nitrogen and oxygen atoms in total. The predicted octanol–water partition coefficient (Wildman–Crippen LogP) is 3.11. The van der Waals surface area contributed by atoms with Crippen LogP contribution in [0.25, 0.3) is 0 Å². The van der Waals surface area contributed by atoms with Gasteiger partial charge in [0.2, 0.25) is 11.8 Å². The number of carbonyl (C=O) groups is 2. The standard InChI is InChI=1S/C22H26N2O4S/c1-16(2)23(15-18-7-5-4-6-8-18)22(26)20-13-14-21(25)24(20)29(27,28)19-11-9-17(3)10-12-19/h4-12,16,20H,13-15H2,1-3H3/t20-/m1/s1. The summed E-state index contributed by atoms with van der Waals surface area (Å²) in [6.07, 6.45) is 0.236. The zero-order valence-corrected chi connectivity index (χ0v) is 17.7. The van der Waals surface area contributed by atoms with Crippen LogP contribution >= 0.6 is 0 Å². The average molecular weight is 415 g/mol. The van der Waals surface area contributed by atoms with Crippen LogP contribution < -0.4 is 0 Å². The highest BCUT2D eigenvalue weighted by Gasteiger charge is 2.45. The number of hydrogen-bond acceptors (Lipinski definition) is 4. The van der Waals surface area contributed by atoms with Crippen molar-refractivity contribution in [3.8, 4) is 0 Å². The Hall–Kier alpha value is -2.67. The van der Waals surface area contributed by atoms with Gasteiger partial charge in [0.1, 0.15) is 6.04 Å². The highest BCUT2D eigenvalue weighted by molar-refractivity contribution is 7.89. The second kappa shape index (κ2) is 8.37. The normalized spacial score (nSPS) is 17.0. The van der Waals surface area contributed by atoms with Gasteiger partial charge in [-0.3, -0.25) is 9.59 Å². The molecule has 0 aliphatic carbocycles. The van der Waals surface area contributed by atoms with E-state index in [1.807, 2.05) is 51.1 Å². The second-order valence-electron chi connectivity index (χ2n) is 7.61. The molecule has 2 amide bonds. The molecule has 0 unspecified atom stereocenters. The minimum Gasteiger partial charge on any atom is -0.334 e. The number of rotatable bonds is 6. The Labute approximate surface area is 172 Å². The maximum absolute atomic E-state index is 13.3. The van der Waals surface area contributed by atoms with E-state index in [0.29, 0.717) is 6.54 Å². The lowest BCUT2D eigenvalue weighted by molar-refractivity contribution is -0.139. The molecule has 0 N–H and O–H groups in total. The Balaban J connectivity index is 1.91. The molecule has 3 rings (SSSR count). The van der Waals surface area contributed by atoms with Gasteiger partial charge >= 0.3 is 0 Å². The van der Waals surface area contributed by atoms with E-state index in [0.717, 1.165) is 15.4 Å². The minimum atomic E-state index is -4.09. The van der Waals surface area contributed by atoms with Crippen molar-refractivity contribution in [2.75, 3.05) is 0 Å². The van der Waals surface area contributed by atoms with E-state index in [-0.39, 0.29) is 29.7 Å². The lowest BCUT2D eigenvalue weighted by atomic mass is 10.1. The predicted molar refractivity (Wildman–Crippen MR) is 110 cm³/mol. The SMILES string of the molecule is Cc1ccc(S(=O)(=O)N2C(=O)CC[C@@H]2C(=O)N(Cc2ccccc2)C(C)C)cc1. The van der Waals surface area contributed by atoms with Crippen LogP contribution in [0.4, 0.5) is 0 Å². The van der Waals surface area contributed by atoms with Crippen LogP contribution in [0.15, 0.2) is 59.5 Å². The van der Waals surface area contributed by atoms with Gasteiger partial charge in [-0.25, -0.2) is 12.7 Å². The van der Waals surface area contributed by atoms with Crippen LogP contribution in [0.1, 0.15) is 37.8 Å². The number of benzene rings is 2. The van der Waals surface area contributed by atoms with Crippen LogP contribution in [-0.4, -0.2) is 41.5 Å². The molecular weight excluding hydrogens is 388 g/mol. The van der Waals surface area contributed by atoms with E-state index in [9.17, 15) is 18.0 Å². The molecule has 1 heterocycles. The van der Waals surface area contributed by atoms with Gasteiger partial charge in [-0.15, -0.1) is 0 Å². The lowest BCUT2D eigenvalue weighted by Crippen LogP contribution is -2.50. The quantitative estimate of drug-likeness (QED) is 0.728. The number of carbonyl (C=O) groups excluding carboxylic acids is 2. The molecule has 2 aromatic rings. The largest absolute Gasteiger partial charge is 0.334 e. The Bertz CT molecular complexity index is 985. The van der Waals surface area contributed by atoms with Gasteiger partial charge < -0.3 is 4.90 Å². The minimum absolute atomic E-state index is 0.0234. The summed E-state index contributed by atoms with van der Waals surface area (Å²) in [5.74, 6) is -0.877. The Morgan fingerprint density at radius 2 is 1.72 bits per heavy atom. The van der Waals surface area contributed by atoms with Crippen molar-refractivity contribution in [2.24, 2.45) is 0 Å². The number of hydrogen-bond donors (Lipinski definition) is 0. The van der Waals surface area contributed by atoms with Crippen LogP contribution in [0, 0.1) is 6.92 Å². The molecule has 7 heteroatoms. The topological polar surface area (TPSA) is 74.8 Å². The molecule has 2 aromatic carbocycles. The van der Waals surface area contributed by atoms with Crippen molar-refractivity contribution in [2.45, 2.75) is 57.1 Å². The lowest BCUT2D eigenvalue weighted by Gasteiger charge is -2.32. The van der Waals surface area contributed by atoms with E-state index in [2.05, 4.69) is 0 Å². The van der Waals surface area contributed by atoms with E-state index in [1.165, 1.54) is 12.1 Å². The van der Waals surface area contributed by atoms with Crippen molar-refractivity contribution in [1.29, 1.82) is 0 Å². The second-order valence-corrected chi connectivity index (χ2v) is 9.42. The first-order valence-electron chi connectivity index (χ1n) is 9.70. The van der Waals surface area contributed by atoms with Gasteiger partial charge in [0.25, 0.3) is 10.0 Å². The summed E-state index contributed by atoms with van der Waals surface area (Å²) in [5, 5.41) is 0. The van der Waals surface area contributed by atoms with Gasteiger partial charge in [-0.1, -0.05) is 48.0 Å². The summed E-state index contributed by atoms with van der Waals surface area (Å²) >= 11 is 0. The summed E-state index contributed by atoms with van der Waals surface area (Å²) in [6, 6.07) is 14.7. The molecule has 1 atom stereocenters. The van der Waals surface area contributed by atoms with E-state index in [1.54, 1.807) is 17.0 Å². The smallest absolute Gasteiger partial charge is 0.267 e. The van der Waals surface area contributed by atoms with Crippen LogP contribution in [0.3, 0.4) is 0 Å². The molecule has 1 saturated heterocycles. The van der Waals surface area contributed by atoms with Crippen LogP contribution in [-0.2, 0) is 26.2 Å². The van der Waals surface area contributed by atoms with Gasteiger partial charge in [0.05, 0.1) is 4.90 Å². The fourth-order valence-electron chi connectivity index (χ4n) is 3.50. The van der Waals surface area contributed by atoms with E-state index >= 15 is 0 Å². The molecule has 154 valence electrons. The fourth-order valence-corrected chi connectivity index (χ4v) is 5.09. The summed E-state index contributed by atoms with van der Waals surface area (Å²) in [6.45, 7) is 5.99. The monoisotopic (exact) mass is 414 g/mol. The Morgan fingerprint density at radius 3 is 2.31 bits per heavy atom. The molecule has 0 bridgehead atoms. The average Bonchev–Trinajstić information content (AvgIpc) is 3.09. The molecule has 1 fully saturated rings. The third-order valence-corrected chi connectivity index (χ3v) is 6.97. The van der Waals surface area contributed by atoms with Crippen molar-refractivity contribution >= 4 is 21.8 Å².